The highest BCUT2D eigenvalue weighted by Crippen LogP contribution is 2.23. The summed E-state index contributed by atoms with van der Waals surface area (Å²) in [4.78, 5) is 13.1. The number of sulfonamides is 1. The molecule has 1 saturated carbocycles. The first-order valence-corrected chi connectivity index (χ1v) is 10.1. The molecule has 134 valence electrons. The Morgan fingerprint density at radius 1 is 1.16 bits per heavy atom. The van der Waals surface area contributed by atoms with Crippen molar-refractivity contribution in [1.82, 2.24) is 4.72 Å². The summed E-state index contributed by atoms with van der Waals surface area (Å²) in [5.41, 5.74) is 1.54. The molecule has 2 aliphatic rings. The van der Waals surface area contributed by atoms with E-state index in [9.17, 15) is 13.2 Å². The summed E-state index contributed by atoms with van der Waals surface area (Å²) in [6.45, 7) is 1.06. The SMILES string of the molecule is O=C1OCCN1c1ccc(C#CCNS(=O)(=O)C2CCCCC2)cc1. The fourth-order valence-electron chi connectivity index (χ4n) is 3.13. The van der Waals surface area contributed by atoms with Gasteiger partial charge in [-0.1, -0.05) is 31.1 Å². The van der Waals surface area contributed by atoms with E-state index < -0.39 is 10.0 Å². The molecular formula is C18H22N2O4S. The van der Waals surface area contributed by atoms with E-state index in [4.69, 9.17) is 4.74 Å². The number of carbonyl (C=O) groups excluding carboxylic acids is 1. The Bertz CT molecular complexity index is 772. The number of amides is 1. The standard InChI is InChI=1S/C18H22N2O4S/c21-18-20(13-14-24-18)16-10-8-15(9-11-16)5-4-12-19-25(22,23)17-6-2-1-3-7-17/h8-11,17,19H,1-3,6-7,12-14H2. The smallest absolute Gasteiger partial charge is 0.414 e. The van der Waals surface area contributed by atoms with Gasteiger partial charge < -0.3 is 4.74 Å². The zero-order valence-corrected chi connectivity index (χ0v) is 14.8. The van der Waals surface area contributed by atoms with Crippen LogP contribution < -0.4 is 9.62 Å². The average molecular weight is 362 g/mol. The summed E-state index contributed by atoms with van der Waals surface area (Å²) in [7, 11) is -3.27. The molecule has 0 spiro atoms. The molecule has 1 aromatic carbocycles. The third-order valence-corrected chi connectivity index (χ3v) is 6.42. The van der Waals surface area contributed by atoms with Gasteiger partial charge in [0.05, 0.1) is 18.3 Å². The molecule has 1 amide bonds. The van der Waals surface area contributed by atoms with Gasteiger partial charge in [0.25, 0.3) is 0 Å². The zero-order valence-electron chi connectivity index (χ0n) is 14.0. The Labute approximate surface area is 148 Å². The van der Waals surface area contributed by atoms with E-state index in [1.807, 2.05) is 24.3 Å². The van der Waals surface area contributed by atoms with Gasteiger partial charge in [0, 0.05) is 11.3 Å². The highest BCUT2D eigenvalue weighted by atomic mass is 32.2. The highest BCUT2D eigenvalue weighted by Gasteiger charge is 2.26. The normalized spacial score (nSPS) is 18.6. The first-order valence-electron chi connectivity index (χ1n) is 8.58. The highest BCUT2D eigenvalue weighted by molar-refractivity contribution is 7.90. The quantitative estimate of drug-likeness (QED) is 0.834. The van der Waals surface area contributed by atoms with Crippen LogP contribution in [0.2, 0.25) is 0 Å². The van der Waals surface area contributed by atoms with E-state index in [1.54, 1.807) is 4.90 Å². The Kier molecular flexibility index (Phi) is 5.61. The van der Waals surface area contributed by atoms with Crippen LogP contribution in [0.1, 0.15) is 37.7 Å². The van der Waals surface area contributed by atoms with Gasteiger partial charge in [0.2, 0.25) is 10.0 Å². The van der Waals surface area contributed by atoms with Gasteiger partial charge in [-0.3, -0.25) is 4.90 Å². The Hall–Kier alpha value is -2.04. The van der Waals surface area contributed by atoms with E-state index in [2.05, 4.69) is 16.6 Å². The third kappa shape index (κ3) is 4.53. The second kappa shape index (κ2) is 7.89. The van der Waals surface area contributed by atoms with Crippen molar-refractivity contribution in [2.75, 3.05) is 24.6 Å². The van der Waals surface area contributed by atoms with Crippen LogP contribution in [-0.4, -0.2) is 39.5 Å². The molecule has 0 aromatic heterocycles. The lowest BCUT2D eigenvalue weighted by Gasteiger charge is -2.21. The maximum atomic E-state index is 12.2. The van der Waals surface area contributed by atoms with Crippen LogP contribution in [0.25, 0.3) is 0 Å². The number of anilines is 1. The van der Waals surface area contributed by atoms with Gasteiger partial charge in [-0.05, 0) is 37.1 Å². The largest absolute Gasteiger partial charge is 0.447 e. The van der Waals surface area contributed by atoms with Crippen molar-refractivity contribution in [1.29, 1.82) is 0 Å². The Balaban J connectivity index is 1.54. The molecule has 0 bridgehead atoms. The molecule has 0 atom stereocenters. The van der Waals surface area contributed by atoms with Gasteiger partial charge in [-0.2, -0.15) is 0 Å². The minimum Gasteiger partial charge on any atom is -0.447 e. The molecule has 0 unspecified atom stereocenters. The molecule has 2 fully saturated rings. The van der Waals surface area contributed by atoms with Crippen LogP contribution in [0, 0.1) is 11.8 Å². The molecule has 6 nitrogen and oxygen atoms in total. The topological polar surface area (TPSA) is 75.7 Å². The van der Waals surface area contributed by atoms with Crippen LogP contribution in [-0.2, 0) is 14.8 Å². The van der Waals surface area contributed by atoms with Crippen molar-refractivity contribution in [3.05, 3.63) is 29.8 Å². The van der Waals surface area contributed by atoms with Crippen LogP contribution in [0.3, 0.4) is 0 Å². The van der Waals surface area contributed by atoms with Gasteiger partial charge in [-0.15, -0.1) is 0 Å². The number of nitrogens with zero attached hydrogens (tertiary/aromatic N) is 1. The zero-order chi connectivity index (χ0) is 17.7. The first kappa shape index (κ1) is 17.8. The molecule has 1 aliphatic heterocycles. The molecule has 7 heteroatoms. The van der Waals surface area contributed by atoms with Crippen molar-refractivity contribution in [2.45, 2.75) is 37.4 Å². The number of hydrogen-bond acceptors (Lipinski definition) is 4. The van der Waals surface area contributed by atoms with E-state index >= 15 is 0 Å². The van der Waals surface area contributed by atoms with Gasteiger partial charge in [-0.25, -0.2) is 17.9 Å². The molecule has 0 radical (unpaired) electrons. The Morgan fingerprint density at radius 3 is 2.52 bits per heavy atom. The molecule has 1 heterocycles. The lowest BCUT2D eigenvalue weighted by molar-refractivity contribution is 0.181. The van der Waals surface area contributed by atoms with Gasteiger partial charge >= 0.3 is 6.09 Å². The fraction of sp³-hybridized carbons (Fsp3) is 0.500. The molecule has 25 heavy (non-hydrogen) atoms. The minimum atomic E-state index is -3.27. The number of benzene rings is 1. The summed E-state index contributed by atoms with van der Waals surface area (Å²) < 4.78 is 31.9. The van der Waals surface area contributed by atoms with Crippen molar-refractivity contribution < 1.29 is 17.9 Å². The number of hydrogen-bond donors (Lipinski definition) is 1. The molecule has 1 aliphatic carbocycles. The maximum Gasteiger partial charge on any atom is 0.414 e. The first-order chi connectivity index (χ1) is 12.1. The van der Waals surface area contributed by atoms with Crippen LogP contribution in [0.4, 0.5) is 10.5 Å². The van der Waals surface area contributed by atoms with Crippen molar-refractivity contribution >= 4 is 21.8 Å². The number of nitrogens with one attached hydrogen (secondary N) is 1. The number of carbonyl (C=O) groups is 1. The monoisotopic (exact) mass is 362 g/mol. The summed E-state index contributed by atoms with van der Waals surface area (Å²) >= 11 is 0. The molecular weight excluding hydrogens is 340 g/mol. The van der Waals surface area contributed by atoms with Gasteiger partial charge in [0.1, 0.15) is 6.61 Å². The summed E-state index contributed by atoms with van der Waals surface area (Å²) in [5.74, 6) is 5.79. The lowest BCUT2D eigenvalue weighted by atomic mass is 10.0. The Morgan fingerprint density at radius 2 is 1.88 bits per heavy atom. The van der Waals surface area contributed by atoms with Crippen LogP contribution >= 0.6 is 0 Å². The van der Waals surface area contributed by atoms with Crippen molar-refractivity contribution in [3.63, 3.8) is 0 Å². The third-order valence-electron chi connectivity index (χ3n) is 4.53. The average Bonchev–Trinajstić information content (AvgIpc) is 3.06. The van der Waals surface area contributed by atoms with E-state index in [0.717, 1.165) is 43.4 Å². The number of rotatable bonds is 4. The summed E-state index contributed by atoms with van der Waals surface area (Å²) in [6.07, 6.45) is 4.22. The van der Waals surface area contributed by atoms with Crippen LogP contribution in [0.15, 0.2) is 24.3 Å². The van der Waals surface area contributed by atoms with E-state index in [-0.39, 0.29) is 17.9 Å². The molecule has 1 N–H and O–H groups in total. The van der Waals surface area contributed by atoms with Crippen LogP contribution in [0.5, 0.6) is 0 Å². The minimum absolute atomic E-state index is 0.110. The second-order valence-corrected chi connectivity index (χ2v) is 8.29. The van der Waals surface area contributed by atoms with Crippen molar-refractivity contribution in [2.24, 2.45) is 0 Å². The number of ether oxygens (including phenoxy) is 1. The lowest BCUT2D eigenvalue weighted by Crippen LogP contribution is -2.35. The predicted octanol–water partition coefficient (Wildman–Crippen LogP) is 2.25. The summed E-state index contributed by atoms with van der Waals surface area (Å²) in [5, 5.41) is -0.275. The maximum absolute atomic E-state index is 12.2. The molecule has 1 saturated heterocycles. The van der Waals surface area contributed by atoms with Gasteiger partial charge in [0.15, 0.2) is 0 Å². The van der Waals surface area contributed by atoms with E-state index in [1.165, 1.54) is 0 Å². The molecule has 1 aromatic rings. The summed E-state index contributed by atoms with van der Waals surface area (Å²) in [6, 6.07) is 7.23. The van der Waals surface area contributed by atoms with Crippen molar-refractivity contribution in [3.8, 4) is 11.8 Å². The number of cyclic esters (lactones) is 1. The fourth-order valence-corrected chi connectivity index (χ4v) is 4.59. The predicted molar refractivity (Wildman–Crippen MR) is 95.8 cm³/mol. The van der Waals surface area contributed by atoms with E-state index in [0.29, 0.717) is 13.2 Å². The molecule has 3 rings (SSSR count). The second-order valence-electron chi connectivity index (χ2n) is 6.24.